The van der Waals surface area contributed by atoms with Gasteiger partial charge in [-0.2, -0.15) is 0 Å². The molecule has 24 heavy (non-hydrogen) atoms. The number of aryl methyl sites for hydroxylation is 1. The lowest BCUT2D eigenvalue weighted by Crippen LogP contribution is -2.39. The van der Waals surface area contributed by atoms with Crippen molar-refractivity contribution in [2.45, 2.75) is 45.2 Å². The van der Waals surface area contributed by atoms with Gasteiger partial charge in [0.15, 0.2) is 0 Å². The van der Waals surface area contributed by atoms with Crippen LogP contribution in [0.25, 0.3) is 0 Å². The van der Waals surface area contributed by atoms with Crippen molar-refractivity contribution in [2.75, 3.05) is 0 Å². The fraction of sp³-hybridized carbons (Fsp3) is 0.381. The predicted molar refractivity (Wildman–Crippen MR) is 97.8 cm³/mol. The average Bonchev–Trinajstić information content (AvgIpc) is 3.45. The third-order valence-electron chi connectivity index (χ3n) is 4.77. The molecular formula is C21H26N2O. The van der Waals surface area contributed by atoms with Crippen molar-refractivity contribution in [3.8, 4) is 0 Å². The standard InChI is InChI=1S/C21H26N2O/c1-3-16-9-11-17(12-10-16)15(2)22-21(24)23-20(19-13-14-19)18-7-5-4-6-8-18/h4-12,15,19-20H,3,13-14H2,1-2H3,(H2,22,23,24). The highest BCUT2D eigenvalue weighted by atomic mass is 16.2. The Morgan fingerprint density at radius 1 is 1.00 bits per heavy atom. The lowest BCUT2D eigenvalue weighted by Gasteiger charge is -2.21. The molecule has 1 saturated carbocycles. The Labute approximate surface area is 144 Å². The molecule has 3 heteroatoms. The number of hydrogen-bond acceptors (Lipinski definition) is 1. The van der Waals surface area contributed by atoms with Crippen LogP contribution in [-0.4, -0.2) is 6.03 Å². The molecule has 1 fully saturated rings. The van der Waals surface area contributed by atoms with E-state index in [-0.39, 0.29) is 18.1 Å². The molecular weight excluding hydrogens is 296 g/mol. The Hall–Kier alpha value is -2.29. The van der Waals surface area contributed by atoms with Crippen LogP contribution in [0, 0.1) is 5.92 Å². The van der Waals surface area contributed by atoms with Gasteiger partial charge < -0.3 is 10.6 Å². The lowest BCUT2D eigenvalue weighted by atomic mass is 10.0. The van der Waals surface area contributed by atoms with E-state index in [9.17, 15) is 4.79 Å². The molecule has 2 atom stereocenters. The Bertz CT molecular complexity index is 662. The normalized spacial score (nSPS) is 16.2. The zero-order valence-corrected chi connectivity index (χ0v) is 14.5. The SMILES string of the molecule is CCc1ccc(C(C)NC(=O)NC(c2ccccc2)C2CC2)cc1. The quantitative estimate of drug-likeness (QED) is 0.791. The third kappa shape index (κ3) is 4.16. The number of benzene rings is 2. The van der Waals surface area contributed by atoms with Crippen molar-refractivity contribution in [1.29, 1.82) is 0 Å². The lowest BCUT2D eigenvalue weighted by molar-refractivity contribution is 0.232. The second-order valence-corrected chi connectivity index (χ2v) is 6.66. The second-order valence-electron chi connectivity index (χ2n) is 6.66. The molecule has 0 heterocycles. The molecule has 0 spiro atoms. The monoisotopic (exact) mass is 322 g/mol. The summed E-state index contributed by atoms with van der Waals surface area (Å²) in [7, 11) is 0. The maximum Gasteiger partial charge on any atom is 0.315 e. The van der Waals surface area contributed by atoms with Gasteiger partial charge in [0.25, 0.3) is 0 Å². The molecule has 3 nitrogen and oxygen atoms in total. The Balaban J connectivity index is 1.61. The third-order valence-corrected chi connectivity index (χ3v) is 4.77. The zero-order valence-electron chi connectivity index (χ0n) is 14.5. The van der Waals surface area contributed by atoms with E-state index in [1.54, 1.807) is 0 Å². The van der Waals surface area contributed by atoms with Gasteiger partial charge in [-0.15, -0.1) is 0 Å². The summed E-state index contributed by atoms with van der Waals surface area (Å²) in [5.74, 6) is 0.567. The zero-order chi connectivity index (χ0) is 16.9. The molecule has 0 saturated heterocycles. The minimum absolute atomic E-state index is 0.00784. The minimum atomic E-state index is -0.0946. The van der Waals surface area contributed by atoms with E-state index >= 15 is 0 Å². The second kappa shape index (κ2) is 7.52. The van der Waals surface area contributed by atoms with E-state index in [2.05, 4.69) is 54.0 Å². The van der Waals surface area contributed by atoms with Crippen molar-refractivity contribution >= 4 is 6.03 Å². The molecule has 1 aliphatic carbocycles. The summed E-state index contributed by atoms with van der Waals surface area (Å²) in [5, 5.41) is 6.23. The molecule has 2 aromatic rings. The predicted octanol–water partition coefficient (Wildman–Crippen LogP) is 4.76. The highest BCUT2D eigenvalue weighted by molar-refractivity contribution is 5.75. The van der Waals surface area contributed by atoms with Crippen molar-refractivity contribution in [1.82, 2.24) is 10.6 Å². The van der Waals surface area contributed by atoms with Crippen molar-refractivity contribution in [2.24, 2.45) is 5.92 Å². The van der Waals surface area contributed by atoms with E-state index in [0.29, 0.717) is 5.92 Å². The van der Waals surface area contributed by atoms with Crippen molar-refractivity contribution in [3.63, 3.8) is 0 Å². The molecule has 2 N–H and O–H groups in total. The molecule has 126 valence electrons. The van der Waals surface area contributed by atoms with Crippen LogP contribution < -0.4 is 10.6 Å². The van der Waals surface area contributed by atoms with Crippen LogP contribution >= 0.6 is 0 Å². The van der Waals surface area contributed by atoms with Gasteiger partial charge in [-0.1, -0.05) is 61.5 Å². The largest absolute Gasteiger partial charge is 0.332 e. The van der Waals surface area contributed by atoms with Crippen LogP contribution in [0.3, 0.4) is 0 Å². The number of carbonyl (C=O) groups excluding carboxylic acids is 1. The van der Waals surface area contributed by atoms with Gasteiger partial charge in [-0.25, -0.2) is 4.79 Å². The molecule has 2 unspecified atom stereocenters. The van der Waals surface area contributed by atoms with Crippen LogP contribution in [0.5, 0.6) is 0 Å². The summed E-state index contributed by atoms with van der Waals surface area (Å²) in [6.07, 6.45) is 3.41. The number of amides is 2. The number of hydrogen-bond donors (Lipinski definition) is 2. The van der Waals surface area contributed by atoms with E-state index < -0.39 is 0 Å². The summed E-state index contributed by atoms with van der Waals surface area (Å²) in [4.78, 5) is 12.4. The van der Waals surface area contributed by atoms with Gasteiger partial charge in [0.1, 0.15) is 0 Å². The highest BCUT2D eigenvalue weighted by Crippen LogP contribution is 2.40. The topological polar surface area (TPSA) is 41.1 Å². The number of nitrogens with one attached hydrogen (secondary N) is 2. The Morgan fingerprint density at radius 2 is 1.67 bits per heavy atom. The summed E-state index contributed by atoms with van der Waals surface area (Å²) in [5.41, 5.74) is 3.63. The molecule has 0 aromatic heterocycles. The summed E-state index contributed by atoms with van der Waals surface area (Å²) >= 11 is 0. The van der Waals surface area contributed by atoms with Crippen LogP contribution in [0.2, 0.25) is 0 Å². The number of carbonyl (C=O) groups is 1. The smallest absolute Gasteiger partial charge is 0.315 e. The molecule has 2 aromatic carbocycles. The molecule has 0 aliphatic heterocycles. The Morgan fingerprint density at radius 3 is 2.25 bits per heavy atom. The van der Waals surface area contributed by atoms with Crippen molar-refractivity contribution in [3.05, 3.63) is 71.3 Å². The highest BCUT2D eigenvalue weighted by Gasteiger charge is 2.33. The fourth-order valence-corrected chi connectivity index (χ4v) is 3.07. The maximum absolute atomic E-state index is 12.4. The van der Waals surface area contributed by atoms with Gasteiger partial charge in [-0.3, -0.25) is 0 Å². The average molecular weight is 322 g/mol. The van der Waals surface area contributed by atoms with Crippen molar-refractivity contribution < 1.29 is 4.79 Å². The van der Waals surface area contributed by atoms with E-state index in [1.165, 1.54) is 24.0 Å². The summed E-state index contributed by atoms with van der Waals surface area (Å²) in [6, 6.07) is 18.7. The van der Waals surface area contributed by atoms with Gasteiger partial charge >= 0.3 is 6.03 Å². The van der Waals surface area contributed by atoms with Gasteiger partial charge in [0.05, 0.1) is 12.1 Å². The minimum Gasteiger partial charge on any atom is -0.332 e. The van der Waals surface area contributed by atoms with Crippen LogP contribution in [0.15, 0.2) is 54.6 Å². The van der Waals surface area contributed by atoms with Gasteiger partial charge in [0.2, 0.25) is 0 Å². The van der Waals surface area contributed by atoms with Crippen LogP contribution in [0.4, 0.5) is 4.79 Å². The molecule has 2 amide bonds. The van der Waals surface area contributed by atoms with Crippen LogP contribution in [-0.2, 0) is 6.42 Å². The fourth-order valence-electron chi connectivity index (χ4n) is 3.07. The first kappa shape index (κ1) is 16.6. The summed E-state index contributed by atoms with van der Waals surface area (Å²) < 4.78 is 0. The van der Waals surface area contributed by atoms with E-state index in [4.69, 9.17) is 0 Å². The van der Waals surface area contributed by atoms with E-state index in [0.717, 1.165) is 12.0 Å². The first-order valence-corrected chi connectivity index (χ1v) is 8.88. The van der Waals surface area contributed by atoms with Gasteiger partial charge in [-0.05, 0) is 48.8 Å². The number of urea groups is 1. The molecule has 3 rings (SSSR count). The van der Waals surface area contributed by atoms with Crippen LogP contribution in [0.1, 0.15) is 55.5 Å². The molecule has 1 aliphatic rings. The summed E-state index contributed by atoms with van der Waals surface area (Å²) in [6.45, 7) is 4.17. The van der Waals surface area contributed by atoms with Gasteiger partial charge in [0, 0.05) is 0 Å². The number of rotatable bonds is 6. The first-order chi connectivity index (χ1) is 11.7. The maximum atomic E-state index is 12.4. The molecule has 0 radical (unpaired) electrons. The van der Waals surface area contributed by atoms with E-state index in [1.807, 2.05) is 25.1 Å². The Kier molecular flexibility index (Phi) is 5.19. The molecule has 0 bridgehead atoms. The first-order valence-electron chi connectivity index (χ1n) is 8.88.